The minimum absolute atomic E-state index is 0.0108. The lowest BCUT2D eigenvalue weighted by molar-refractivity contribution is -0.121. The number of rotatable bonds is 7. The van der Waals surface area contributed by atoms with Gasteiger partial charge in [0, 0.05) is 25.5 Å². The van der Waals surface area contributed by atoms with Crippen LogP contribution in [0.5, 0.6) is 0 Å². The second-order valence-electron chi connectivity index (χ2n) is 3.76. The predicted octanol–water partition coefficient (Wildman–Crippen LogP) is 1.49. The number of aryl methyl sites for hydroxylation is 1. The molecular formula is C12H19NO3. The third kappa shape index (κ3) is 4.49. The average Bonchev–Trinajstić information content (AvgIpc) is 2.78. The highest BCUT2D eigenvalue weighted by Crippen LogP contribution is 2.04. The molecule has 0 radical (unpaired) electrons. The van der Waals surface area contributed by atoms with E-state index in [1.165, 1.54) is 0 Å². The van der Waals surface area contributed by atoms with Crippen LogP contribution in [0.4, 0.5) is 0 Å². The van der Waals surface area contributed by atoms with E-state index < -0.39 is 0 Å². The SMILES string of the molecule is CCC(CCO)NC(=O)CCc1ccco1. The summed E-state index contributed by atoms with van der Waals surface area (Å²) in [7, 11) is 0. The van der Waals surface area contributed by atoms with Crippen molar-refractivity contribution in [3.05, 3.63) is 24.2 Å². The minimum Gasteiger partial charge on any atom is -0.469 e. The van der Waals surface area contributed by atoms with E-state index in [0.717, 1.165) is 12.2 Å². The zero-order chi connectivity index (χ0) is 11.8. The molecule has 1 rings (SSSR count). The summed E-state index contributed by atoms with van der Waals surface area (Å²) in [6.45, 7) is 2.10. The minimum atomic E-state index is 0.0108. The quantitative estimate of drug-likeness (QED) is 0.739. The van der Waals surface area contributed by atoms with Gasteiger partial charge in [-0.3, -0.25) is 4.79 Å². The van der Waals surface area contributed by atoms with Crippen LogP contribution in [0.2, 0.25) is 0 Å². The molecule has 0 aromatic carbocycles. The normalized spacial score (nSPS) is 12.4. The molecule has 2 N–H and O–H groups in total. The number of carbonyl (C=O) groups excluding carboxylic acids is 1. The number of amides is 1. The van der Waals surface area contributed by atoms with E-state index in [-0.39, 0.29) is 18.6 Å². The van der Waals surface area contributed by atoms with E-state index in [2.05, 4.69) is 5.32 Å². The number of hydrogen-bond donors (Lipinski definition) is 2. The molecule has 90 valence electrons. The van der Waals surface area contributed by atoms with Crippen LogP contribution >= 0.6 is 0 Å². The van der Waals surface area contributed by atoms with Gasteiger partial charge in [-0.2, -0.15) is 0 Å². The summed E-state index contributed by atoms with van der Waals surface area (Å²) in [6, 6.07) is 3.75. The van der Waals surface area contributed by atoms with E-state index in [1.54, 1.807) is 6.26 Å². The lowest BCUT2D eigenvalue weighted by Gasteiger charge is -2.15. The van der Waals surface area contributed by atoms with Gasteiger partial charge >= 0.3 is 0 Å². The van der Waals surface area contributed by atoms with Crippen LogP contribution in [-0.2, 0) is 11.2 Å². The van der Waals surface area contributed by atoms with Gasteiger partial charge in [0.1, 0.15) is 5.76 Å². The van der Waals surface area contributed by atoms with Crippen LogP contribution in [0, 0.1) is 0 Å². The predicted molar refractivity (Wildman–Crippen MR) is 61.0 cm³/mol. The molecule has 1 aromatic heterocycles. The molecule has 0 fully saturated rings. The maximum absolute atomic E-state index is 11.5. The Labute approximate surface area is 95.7 Å². The first kappa shape index (κ1) is 12.8. The molecule has 0 aliphatic carbocycles. The van der Waals surface area contributed by atoms with E-state index >= 15 is 0 Å². The van der Waals surface area contributed by atoms with E-state index in [4.69, 9.17) is 9.52 Å². The van der Waals surface area contributed by atoms with Crippen LogP contribution in [0.15, 0.2) is 22.8 Å². The van der Waals surface area contributed by atoms with Crippen LogP contribution in [0.1, 0.15) is 31.9 Å². The molecule has 4 nitrogen and oxygen atoms in total. The number of hydrogen-bond acceptors (Lipinski definition) is 3. The molecule has 1 atom stereocenters. The Morgan fingerprint density at radius 2 is 2.44 bits per heavy atom. The number of aliphatic hydroxyl groups excluding tert-OH is 1. The standard InChI is InChI=1S/C12H19NO3/c1-2-10(7-8-14)13-12(15)6-5-11-4-3-9-16-11/h3-4,9-10,14H,2,5-8H2,1H3,(H,13,15). The van der Waals surface area contributed by atoms with Gasteiger partial charge in [0.15, 0.2) is 0 Å². The molecule has 1 aromatic rings. The molecule has 4 heteroatoms. The molecule has 16 heavy (non-hydrogen) atoms. The van der Waals surface area contributed by atoms with Crippen molar-refractivity contribution >= 4 is 5.91 Å². The highest BCUT2D eigenvalue weighted by molar-refractivity contribution is 5.76. The van der Waals surface area contributed by atoms with E-state index in [1.807, 2.05) is 19.1 Å². The summed E-state index contributed by atoms with van der Waals surface area (Å²) in [5, 5.41) is 11.7. The molecule has 0 aliphatic rings. The first-order valence-corrected chi connectivity index (χ1v) is 5.68. The van der Waals surface area contributed by atoms with Crippen molar-refractivity contribution in [3.63, 3.8) is 0 Å². The zero-order valence-electron chi connectivity index (χ0n) is 9.61. The van der Waals surface area contributed by atoms with Gasteiger partial charge in [0.25, 0.3) is 0 Å². The van der Waals surface area contributed by atoms with Crippen molar-refractivity contribution in [3.8, 4) is 0 Å². The summed E-state index contributed by atoms with van der Waals surface area (Å²) < 4.78 is 5.14. The molecule has 1 unspecified atom stereocenters. The number of aliphatic hydroxyl groups is 1. The van der Waals surface area contributed by atoms with Gasteiger partial charge in [-0.1, -0.05) is 6.92 Å². The number of nitrogens with one attached hydrogen (secondary N) is 1. The van der Waals surface area contributed by atoms with Crippen molar-refractivity contribution in [1.29, 1.82) is 0 Å². The fourth-order valence-electron chi connectivity index (χ4n) is 1.53. The highest BCUT2D eigenvalue weighted by Gasteiger charge is 2.10. The van der Waals surface area contributed by atoms with Gasteiger partial charge in [-0.25, -0.2) is 0 Å². The number of furan rings is 1. The third-order valence-corrected chi connectivity index (χ3v) is 2.51. The molecule has 1 heterocycles. The fourth-order valence-corrected chi connectivity index (χ4v) is 1.53. The molecule has 1 amide bonds. The number of carbonyl (C=O) groups is 1. The average molecular weight is 225 g/mol. The Balaban J connectivity index is 2.24. The zero-order valence-corrected chi connectivity index (χ0v) is 9.61. The molecule has 0 spiro atoms. The molecule has 0 saturated heterocycles. The monoisotopic (exact) mass is 225 g/mol. The lowest BCUT2D eigenvalue weighted by atomic mass is 10.1. The van der Waals surface area contributed by atoms with Gasteiger partial charge < -0.3 is 14.8 Å². The van der Waals surface area contributed by atoms with Crippen LogP contribution < -0.4 is 5.32 Å². The summed E-state index contributed by atoms with van der Waals surface area (Å²) >= 11 is 0. The first-order valence-electron chi connectivity index (χ1n) is 5.68. The first-order chi connectivity index (χ1) is 7.76. The molecule has 0 aliphatic heterocycles. The van der Waals surface area contributed by atoms with Gasteiger partial charge in [-0.15, -0.1) is 0 Å². The van der Waals surface area contributed by atoms with Crippen LogP contribution in [0.3, 0.4) is 0 Å². The van der Waals surface area contributed by atoms with E-state index in [9.17, 15) is 4.79 Å². The summed E-state index contributed by atoms with van der Waals surface area (Å²) in [4.78, 5) is 11.5. The summed E-state index contributed by atoms with van der Waals surface area (Å²) in [5.74, 6) is 0.835. The van der Waals surface area contributed by atoms with Crippen molar-refractivity contribution in [2.45, 2.75) is 38.6 Å². The van der Waals surface area contributed by atoms with Gasteiger partial charge in [0.05, 0.1) is 6.26 Å². The van der Waals surface area contributed by atoms with Crippen molar-refractivity contribution in [2.24, 2.45) is 0 Å². The van der Waals surface area contributed by atoms with Gasteiger partial charge in [-0.05, 0) is 25.0 Å². The van der Waals surface area contributed by atoms with Crippen molar-refractivity contribution < 1.29 is 14.3 Å². The van der Waals surface area contributed by atoms with Crippen molar-refractivity contribution in [1.82, 2.24) is 5.32 Å². The fraction of sp³-hybridized carbons (Fsp3) is 0.583. The smallest absolute Gasteiger partial charge is 0.220 e. The topological polar surface area (TPSA) is 62.5 Å². The second-order valence-corrected chi connectivity index (χ2v) is 3.76. The Morgan fingerprint density at radius 3 is 3.00 bits per heavy atom. The van der Waals surface area contributed by atoms with Crippen molar-refractivity contribution in [2.75, 3.05) is 6.61 Å². The summed E-state index contributed by atoms with van der Waals surface area (Å²) in [6.07, 6.45) is 4.10. The van der Waals surface area contributed by atoms with Crippen LogP contribution in [0.25, 0.3) is 0 Å². The Hall–Kier alpha value is -1.29. The second kappa shape index (κ2) is 7.06. The van der Waals surface area contributed by atoms with E-state index in [0.29, 0.717) is 19.3 Å². The lowest BCUT2D eigenvalue weighted by Crippen LogP contribution is -2.35. The summed E-state index contributed by atoms with van der Waals surface area (Å²) in [5.41, 5.74) is 0. The molecular weight excluding hydrogens is 206 g/mol. The molecule has 0 bridgehead atoms. The maximum atomic E-state index is 11.5. The molecule has 0 saturated carbocycles. The Bertz CT molecular complexity index is 295. The highest BCUT2D eigenvalue weighted by atomic mass is 16.3. The Kier molecular flexibility index (Phi) is 5.64. The maximum Gasteiger partial charge on any atom is 0.220 e. The Morgan fingerprint density at radius 1 is 1.62 bits per heavy atom. The third-order valence-electron chi connectivity index (χ3n) is 2.51. The van der Waals surface area contributed by atoms with Crippen LogP contribution in [-0.4, -0.2) is 23.7 Å². The van der Waals surface area contributed by atoms with Gasteiger partial charge in [0.2, 0.25) is 5.91 Å². The largest absolute Gasteiger partial charge is 0.469 e.